The minimum atomic E-state index is 0. The lowest BCUT2D eigenvalue weighted by Crippen LogP contribution is -2.56. The highest BCUT2D eigenvalue weighted by Crippen LogP contribution is 2.05. The van der Waals surface area contributed by atoms with Gasteiger partial charge in [-0.2, -0.15) is 0 Å². The number of likely N-dealkylation sites (N-methyl/N-ethyl adjacent to an activating group) is 2. The minimum Gasteiger partial charge on any atom is -0.355 e. The fourth-order valence-electron chi connectivity index (χ4n) is 2.07. The van der Waals surface area contributed by atoms with Gasteiger partial charge in [-0.05, 0) is 34.9 Å². The van der Waals surface area contributed by atoms with Crippen molar-refractivity contribution < 1.29 is 0 Å². The number of piperazine rings is 1. The number of aliphatic imine (C=N–C) groups is 1. The molecule has 0 aromatic carbocycles. The highest BCUT2D eigenvalue weighted by Gasteiger charge is 2.22. The molecule has 1 unspecified atom stereocenters. The van der Waals surface area contributed by atoms with Crippen LogP contribution in [0, 0.1) is 0 Å². The van der Waals surface area contributed by atoms with Gasteiger partial charge in [0, 0.05) is 44.8 Å². The van der Waals surface area contributed by atoms with Crippen LogP contribution in [0.4, 0.5) is 0 Å². The lowest BCUT2D eigenvalue weighted by atomic mass is 10.1. The zero-order valence-corrected chi connectivity index (χ0v) is 15.5. The zero-order valence-electron chi connectivity index (χ0n) is 13.2. The zero-order chi connectivity index (χ0) is 13.8. The van der Waals surface area contributed by atoms with E-state index < -0.39 is 0 Å². The third-order valence-electron chi connectivity index (χ3n) is 3.20. The van der Waals surface area contributed by atoms with Crippen molar-refractivity contribution in [3.05, 3.63) is 0 Å². The quantitative estimate of drug-likeness (QED) is 0.421. The smallest absolute Gasteiger partial charge is 0.191 e. The van der Waals surface area contributed by atoms with E-state index >= 15 is 0 Å². The Balaban J connectivity index is 0.00000324. The molecule has 1 atom stereocenters. The molecule has 1 rings (SSSR count). The van der Waals surface area contributed by atoms with E-state index in [4.69, 9.17) is 0 Å². The van der Waals surface area contributed by atoms with Crippen LogP contribution in [0.25, 0.3) is 0 Å². The van der Waals surface area contributed by atoms with E-state index in [1.807, 2.05) is 7.05 Å². The average Bonchev–Trinajstić information content (AvgIpc) is 2.27. The number of rotatable bonds is 2. The van der Waals surface area contributed by atoms with Gasteiger partial charge in [-0.15, -0.1) is 24.0 Å². The maximum absolute atomic E-state index is 4.26. The first-order chi connectivity index (χ1) is 8.31. The van der Waals surface area contributed by atoms with Crippen molar-refractivity contribution in [2.24, 2.45) is 4.99 Å². The third-order valence-corrected chi connectivity index (χ3v) is 3.20. The molecule has 1 fully saturated rings. The second kappa shape index (κ2) is 8.26. The summed E-state index contributed by atoms with van der Waals surface area (Å²) in [5, 5.41) is 6.80. The lowest BCUT2D eigenvalue weighted by Gasteiger charge is -2.38. The number of guanidine groups is 1. The van der Waals surface area contributed by atoms with Crippen LogP contribution in [0.1, 0.15) is 20.8 Å². The van der Waals surface area contributed by atoms with Crippen LogP contribution in [-0.4, -0.2) is 74.7 Å². The van der Waals surface area contributed by atoms with Gasteiger partial charge < -0.3 is 15.5 Å². The van der Waals surface area contributed by atoms with Crippen molar-refractivity contribution >= 4 is 29.9 Å². The molecule has 0 spiro atoms. The molecular formula is C13H30IN5. The van der Waals surface area contributed by atoms with Crippen LogP contribution in [0.3, 0.4) is 0 Å². The summed E-state index contributed by atoms with van der Waals surface area (Å²) in [7, 11) is 6.19. The Labute approximate surface area is 135 Å². The predicted molar refractivity (Wildman–Crippen MR) is 93.6 cm³/mol. The molecule has 0 aromatic heterocycles. The Hall–Kier alpha value is -0.0800. The van der Waals surface area contributed by atoms with Gasteiger partial charge in [-0.25, -0.2) is 0 Å². The highest BCUT2D eigenvalue weighted by molar-refractivity contribution is 14.0. The molecule has 1 aliphatic heterocycles. The van der Waals surface area contributed by atoms with E-state index in [-0.39, 0.29) is 29.5 Å². The number of hydrogen-bond acceptors (Lipinski definition) is 3. The summed E-state index contributed by atoms with van der Waals surface area (Å²) in [6.07, 6.45) is 0. The van der Waals surface area contributed by atoms with E-state index in [1.54, 1.807) is 0 Å². The van der Waals surface area contributed by atoms with Crippen molar-refractivity contribution in [1.82, 2.24) is 20.4 Å². The first kappa shape index (κ1) is 18.9. The molecule has 2 N–H and O–H groups in total. The molecule has 6 heteroatoms. The molecule has 114 valence electrons. The second-order valence-corrected chi connectivity index (χ2v) is 6.22. The molecule has 19 heavy (non-hydrogen) atoms. The Kier molecular flexibility index (Phi) is 8.23. The monoisotopic (exact) mass is 383 g/mol. The summed E-state index contributed by atoms with van der Waals surface area (Å²) in [4.78, 5) is 9.06. The van der Waals surface area contributed by atoms with Gasteiger partial charge in [0.25, 0.3) is 0 Å². The molecule has 0 amide bonds. The molecule has 0 saturated carbocycles. The normalized spacial score (nSPS) is 22.8. The molecule has 1 aliphatic rings. The van der Waals surface area contributed by atoms with Gasteiger partial charge in [0.05, 0.1) is 0 Å². The highest BCUT2D eigenvalue weighted by atomic mass is 127. The van der Waals surface area contributed by atoms with E-state index in [0.29, 0.717) is 6.04 Å². The molecule has 0 radical (unpaired) electrons. The van der Waals surface area contributed by atoms with E-state index in [1.165, 1.54) is 0 Å². The van der Waals surface area contributed by atoms with Crippen molar-refractivity contribution in [3.8, 4) is 0 Å². The third kappa shape index (κ3) is 7.31. The van der Waals surface area contributed by atoms with Crippen LogP contribution in [0.15, 0.2) is 4.99 Å². The minimum absolute atomic E-state index is 0. The Bertz CT molecular complexity index is 287. The van der Waals surface area contributed by atoms with Crippen molar-refractivity contribution in [3.63, 3.8) is 0 Å². The largest absolute Gasteiger partial charge is 0.355 e. The maximum Gasteiger partial charge on any atom is 0.191 e. The topological polar surface area (TPSA) is 42.9 Å². The average molecular weight is 383 g/mol. The van der Waals surface area contributed by atoms with Gasteiger partial charge in [-0.3, -0.25) is 9.89 Å². The molecule has 1 heterocycles. The molecule has 0 aromatic rings. The van der Waals surface area contributed by atoms with Crippen LogP contribution in [0.5, 0.6) is 0 Å². The van der Waals surface area contributed by atoms with Crippen LogP contribution < -0.4 is 10.6 Å². The SMILES string of the molecule is CN=C(NCC1CN(C)CCN1C)NC(C)(C)C.I. The Morgan fingerprint density at radius 1 is 1.26 bits per heavy atom. The summed E-state index contributed by atoms with van der Waals surface area (Å²) < 4.78 is 0. The van der Waals surface area contributed by atoms with Crippen molar-refractivity contribution in [2.75, 3.05) is 47.3 Å². The summed E-state index contributed by atoms with van der Waals surface area (Å²) in [6, 6.07) is 0.544. The Morgan fingerprint density at radius 2 is 1.89 bits per heavy atom. The predicted octanol–water partition coefficient (Wildman–Crippen LogP) is 0.814. The number of nitrogens with zero attached hydrogens (tertiary/aromatic N) is 3. The summed E-state index contributed by atoms with van der Waals surface area (Å²) in [6.45, 7) is 10.7. The van der Waals surface area contributed by atoms with Crippen LogP contribution in [0.2, 0.25) is 0 Å². The fraction of sp³-hybridized carbons (Fsp3) is 0.923. The molecule has 0 bridgehead atoms. The van der Waals surface area contributed by atoms with Gasteiger partial charge in [-0.1, -0.05) is 0 Å². The Morgan fingerprint density at radius 3 is 2.42 bits per heavy atom. The maximum atomic E-state index is 4.26. The number of halogens is 1. The number of nitrogens with one attached hydrogen (secondary N) is 2. The summed E-state index contributed by atoms with van der Waals surface area (Å²) in [5.74, 6) is 0.879. The molecule has 1 saturated heterocycles. The lowest BCUT2D eigenvalue weighted by molar-refractivity contribution is 0.116. The molecule has 0 aliphatic carbocycles. The van der Waals surface area contributed by atoms with Crippen LogP contribution in [-0.2, 0) is 0 Å². The van der Waals surface area contributed by atoms with E-state index in [2.05, 4.69) is 60.3 Å². The van der Waals surface area contributed by atoms with E-state index in [0.717, 1.165) is 32.1 Å². The number of hydrogen-bond donors (Lipinski definition) is 2. The van der Waals surface area contributed by atoms with Gasteiger partial charge in [0.15, 0.2) is 5.96 Å². The second-order valence-electron chi connectivity index (χ2n) is 6.22. The molecular weight excluding hydrogens is 353 g/mol. The first-order valence-corrected chi connectivity index (χ1v) is 6.69. The van der Waals surface area contributed by atoms with E-state index in [9.17, 15) is 0 Å². The van der Waals surface area contributed by atoms with Crippen molar-refractivity contribution in [1.29, 1.82) is 0 Å². The fourth-order valence-corrected chi connectivity index (χ4v) is 2.07. The summed E-state index contributed by atoms with van der Waals surface area (Å²) >= 11 is 0. The molecule has 5 nitrogen and oxygen atoms in total. The van der Waals surface area contributed by atoms with Gasteiger partial charge in [0.2, 0.25) is 0 Å². The first-order valence-electron chi connectivity index (χ1n) is 6.69. The summed E-state index contributed by atoms with van der Waals surface area (Å²) in [5.41, 5.74) is 0.0388. The van der Waals surface area contributed by atoms with Crippen LogP contribution >= 0.6 is 24.0 Å². The standard InChI is InChI=1S/C13H29N5.HI/c1-13(2,3)16-12(14-4)15-9-11-10-17(5)7-8-18(11)6;/h11H,7-10H2,1-6H3,(H2,14,15,16);1H. The van der Waals surface area contributed by atoms with Gasteiger partial charge in [0.1, 0.15) is 0 Å². The van der Waals surface area contributed by atoms with Gasteiger partial charge >= 0.3 is 0 Å². The van der Waals surface area contributed by atoms with Crippen molar-refractivity contribution in [2.45, 2.75) is 32.4 Å².